The predicted octanol–water partition coefficient (Wildman–Crippen LogP) is 1.95. The average Bonchev–Trinajstić information content (AvgIpc) is 2.38. The van der Waals surface area contributed by atoms with Crippen molar-refractivity contribution in [3.8, 4) is 0 Å². The van der Waals surface area contributed by atoms with Gasteiger partial charge in [0.15, 0.2) is 0 Å². The van der Waals surface area contributed by atoms with Crippen LogP contribution < -0.4 is 0 Å². The number of Topliss-reactive ketones (excluding diaryl/α,β-unsaturated/α-hetero) is 1. The minimum Gasteiger partial charge on any atom is -0.365 e. The molecule has 1 fully saturated rings. The number of rotatable bonds is 0. The van der Waals surface area contributed by atoms with Crippen LogP contribution in [0, 0.1) is 11.8 Å². The van der Waals surface area contributed by atoms with Crippen molar-refractivity contribution in [3.63, 3.8) is 0 Å². The van der Waals surface area contributed by atoms with Crippen molar-refractivity contribution in [2.75, 3.05) is 0 Å². The van der Waals surface area contributed by atoms with Gasteiger partial charge in [-0.1, -0.05) is 13.8 Å². The lowest BCUT2D eigenvalue weighted by atomic mass is 9.87. The van der Waals surface area contributed by atoms with Gasteiger partial charge in [-0.05, 0) is 25.0 Å². The molecule has 0 spiro atoms. The van der Waals surface area contributed by atoms with Gasteiger partial charge in [-0.3, -0.25) is 4.79 Å². The summed E-state index contributed by atoms with van der Waals surface area (Å²) in [4.78, 5) is 11.8. The molecule has 0 aromatic carbocycles. The highest BCUT2D eigenvalue weighted by molar-refractivity contribution is 5.86. The van der Waals surface area contributed by atoms with Crippen LogP contribution in [0.3, 0.4) is 0 Å². The van der Waals surface area contributed by atoms with Crippen LogP contribution in [-0.4, -0.2) is 18.0 Å². The molecule has 0 unspecified atom stereocenters. The lowest BCUT2D eigenvalue weighted by molar-refractivity contribution is -0.143. The highest BCUT2D eigenvalue weighted by atomic mass is 16.5. The van der Waals surface area contributed by atoms with Crippen molar-refractivity contribution < 1.29 is 9.53 Å². The summed E-state index contributed by atoms with van der Waals surface area (Å²) in [5.74, 6) is 0.449. The van der Waals surface area contributed by atoms with Crippen molar-refractivity contribution in [1.82, 2.24) is 0 Å². The predicted molar refractivity (Wildman–Crippen MR) is 50.4 cm³/mol. The van der Waals surface area contributed by atoms with E-state index in [1.165, 1.54) is 11.1 Å². The van der Waals surface area contributed by atoms with Gasteiger partial charge in [0.25, 0.3) is 0 Å². The summed E-state index contributed by atoms with van der Waals surface area (Å²) < 4.78 is 5.82. The van der Waals surface area contributed by atoms with Crippen molar-refractivity contribution in [2.24, 2.45) is 11.8 Å². The number of ether oxygens (including phenoxy) is 1. The molecular formula is C11H16O2. The average molecular weight is 180 g/mol. The van der Waals surface area contributed by atoms with E-state index in [2.05, 4.69) is 13.8 Å². The number of hydrogen-bond donors (Lipinski definition) is 0. The van der Waals surface area contributed by atoms with E-state index < -0.39 is 0 Å². The lowest BCUT2D eigenvalue weighted by Crippen LogP contribution is -2.42. The number of ketones is 1. The normalized spacial score (nSPS) is 44.5. The van der Waals surface area contributed by atoms with Crippen LogP contribution in [0.15, 0.2) is 11.1 Å². The van der Waals surface area contributed by atoms with E-state index in [9.17, 15) is 4.79 Å². The first-order valence-electron chi connectivity index (χ1n) is 4.90. The molecule has 0 N–H and O–H groups in total. The first kappa shape index (κ1) is 8.95. The summed E-state index contributed by atoms with van der Waals surface area (Å²) in [5.41, 5.74) is 2.55. The Hall–Kier alpha value is -0.630. The Morgan fingerprint density at radius 3 is 1.77 bits per heavy atom. The topological polar surface area (TPSA) is 26.3 Å². The van der Waals surface area contributed by atoms with Crippen molar-refractivity contribution >= 4 is 5.78 Å². The van der Waals surface area contributed by atoms with E-state index in [0.717, 1.165) is 0 Å². The highest BCUT2D eigenvalue weighted by Crippen LogP contribution is 2.40. The van der Waals surface area contributed by atoms with Gasteiger partial charge in [-0.25, -0.2) is 0 Å². The summed E-state index contributed by atoms with van der Waals surface area (Å²) in [6.45, 7) is 8.12. The second-order valence-electron chi connectivity index (χ2n) is 4.32. The Balaban J connectivity index is 2.41. The third-order valence-electron chi connectivity index (χ3n) is 3.57. The zero-order chi connectivity index (χ0) is 9.75. The van der Waals surface area contributed by atoms with Crippen LogP contribution in [0.25, 0.3) is 0 Å². The molecule has 0 amide bonds. The molecule has 2 aliphatic rings. The first-order chi connectivity index (χ1) is 6.04. The zero-order valence-corrected chi connectivity index (χ0v) is 8.63. The van der Waals surface area contributed by atoms with Gasteiger partial charge in [0.1, 0.15) is 5.78 Å². The summed E-state index contributed by atoms with van der Waals surface area (Å²) in [7, 11) is 0. The monoisotopic (exact) mass is 180 g/mol. The van der Waals surface area contributed by atoms with Gasteiger partial charge in [0.2, 0.25) is 0 Å². The zero-order valence-electron chi connectivity index (χ0n) is 8.63. The van der Waals surface area contributed by atoms with Gasteiger partial charge < -0.3 is 4.74 Å². The van der Waals surface area contributed by atoms with Gasteiger partial charge in [0.05, 0.1) is 12.2 Å². The fourth-order valence-electron chi connectivity index (χ4n) is 2.51. The van der Waals surface area contributed by atoms with Crippen LogP contribution in [0.4, 0.5) is 0 Å². The maximum atomic E-state index is 11.8. The molecule has 72 valence electrons. The number of carbonyl (C=O) groups is 1. The Bertz CT molecular complexity index is 264. The molecule has 2 heterocycles. The number of hydrogen-bond acceptors (Lipinski definition) is 2. The SMILES string of the molecule is CC1=C(C)[C@@H]2O[C@H]1[C@@H](C)C(=O)[C@H]2C. The Labute approximate surface area is 79.0 Å². The van der Waals surface area contributed by atoms with Crippen LogP contribution in [0.5, 0.6) is 0 Å². The molecule has 2 heteroatoms. The van der Waals surface area contributed by atoms with Crippen LogP contribution in [0.2, 0.25) is 0 Å². The Morgan fingerprint density at radius 1 is 1.00 bits per heavy atom. The van der Waals surface area contributed by atoms with Crippen molar-refractivity contribution in [2.45, 2.75) is 39.9 Å². The van der Waals surface area contributed by atoms with Crippen LogP contribution in [0.1, 0.15) is 27.7 Å². The molecule has 2 bridgehead atoms. The molecule has 0 aliphatic carbocycles. The van der Waals surface area contributed by atoms with E-state index in [1.807, 2.05) is 13.8 Å². The van der Waals surface area contributed by atoms with Gasteiger partial charge in [-0.15, -0.1) is 0 Å². The number of fused-ring (bicyclic) bond motifs is 2. The standard InChI is InChI=1S/C11H16O2/c1-5-6(2)11-8(4)9(12)7(3)10(5)13-11/h7-8,10-11H,1-4H3/t7-,8+,10+,11-. The van der Waals surface area contributed by atoms with Crippen LogP contribution >= 0.6 is 0 Å². The number of carbonyl (C=O) groups excluding carboxylic acids is 1. The third kappa shape index (κ3) is 1.01. The molecule has 13 heavy (non-hydrogen) atoms. The molecule has 0 aromatic rings. The second kappa shape index (κ2) is 2.68. The lowest BCUT2D eigenvalue weighted by Gasteiger charge is -2.31. The first-order valence-corrected chi connectivity index (χ1v) is 4.90. The molecule has 2 nitrogen and oxygen atoms in total. The smallest absolute Gasteiger partial charge is 0.144 e. The molecule has 0 radical (unpaired) electrons. The minimum absolute atomic E-state index is 0.0451. The van der Waals surface area contributed by atoms with E-state index in [1.54, 1.807) is 0 Å². The fraction of sp³-hybridized carbons (Fsp3) is 0.727. The highest BCUT2D eigenvalue weighted by Gasteiger charge is 2.46. The van der Waals surface area contributed by atoms with Crippen LogP contribution in [-0.2, 0) is 9.53 Å². The summed E-state index contributed by atoms with van der Waals surface area (Å²) in [6.07, 6.45) is 0.127. The summed E-state index contributed by atoms with van der Waals surface area (Å²) in [6, 6.07) is 0. The van der Waals surface area contributed by atoms with Gasteiger partial charge in [-0.2, -0.15) is 0 Å². The molecule has 0 saturated carbocycles. The summed E-state index contributed by atoms with van der Waals surface area (Å²) in [5, 5.41) is 0. The van der Waals surface area contributed by atoms with E-state index in [4.69, 9.17) is 4.74 Å². The maximum absolute atomic E-state index is 11.8. The Kier molecular flexibility index (Phi) is 1.84. The maximum Gasteiger partial charge on any atom is 0.144 e. The van der Waals surface area contributed by atoms with Crippen molar-refractivity contribution in [3.05, 3.63) is 11.1 Å². The minimum atomic E-state index is 0.0451. The molecule has 2 aliphatic heterocycles. The Morgan fingerprint density at radius 2 is 1.38 bits per heavy atom. The van der Waals surface area contributed by atoms with Gasteiger partial charge in [0, 0.05) is 11.8 Å². The third-order valence-corrected chi connectivity index (χ3v) is 3.57. The summed E-state index contributed by atoms with van der Waals surface area (Å²) >= 11 is 0. The molecule has 0 aromatic heterocycles. The molecule has 4 atom stereocenters. The van der Waals surface area contributed by atoms with E-state index >= 15 is 0 Å². The quantitative estimate of drug-likeness (QED) is 0.532. The molecule has 1 saturated heterocycles. The van der Waals surface area contributed by atoms with E-state index in [0.29, 0.717) is 5.78 Å². The van der Waals surface area contributed by atoms with E-state index in [-0.39, 0.29) is 24.0 Å². The molecule has 2 rings (SSSR count). The van der Waals surface area contributed by atoms with Crippen molar-refractivity contribution in [1.29, 1.82) is 0 Å². The second-order valence-corrected chi connectivity index (χ2v) is 4.32. The fourth-order valence-corrected chi connectivity index (χ4v) is 2.51. The van der Waals surface area contributed by atoms with Gasteiger partial charge >= 0.3 is 0 Å². The largest absolute Gasteiger partial charge is 0.365 e. The molecular weight excluding hydrogens is 164 g/mol.